The number of azo groups is 2. The first kappa shape index (κ1) is 35.4. The first-order chi connectivity index (χ1) is 21.0. The van der Waals surface area contributed by atoms with E-state index in [0.29, 0.717) is 12.1 Å². The van der Waals surface area contributed by atoms with Crippen LogP contribution in [0.5, 0.6) is 11.5 Å². The van der Waals surface area contributed by atoms with E-state index in [1.54, 1.807) is 0 Å². The number of hydrogen-bond acceptors (Lipinski definition) is 14. The lowest BCUT2D eigenvalue weighted by Gasteiger charge is -2.13. The summed E-state index contributed by atoms with van der Waals surface area (Å²) in [5, 5.41) is 34.7. The van der Waals surface area contributed by atoms with Crippen LogP contribution in [0.2, 0.25) is 0 Å². The molecule has 4 aromatic rings. The smallest absolute Gasteiger partial charge is 0.296 e. The highest BCUT2D eigenvalue weighted by Gasteiger charge is 2.29. The third kappa shape index (κ3) is 7.40. The predicted molar refractivity (Wildman–Crippen MR) is 163 cm³/mol. The molecule has 18 nitrogen and oxygen atoms in total. The Morgan fingerprint density at radius 3 is 1.11 bits per heavy atom. The Kier molecular flexibility index (Phi) is 9.45. The summed E-state index contributed by atoms with van der Waals surface area (Å²) in [6.07, 6.45) is 0. The lowest BCUT2D eigenvalue weighted by Crippen LogP contribution is -2.02. The van der Waals surface area contributed by atoms with Gasteiger partial charge >= 0.3 is 0 Å². The lowest BCUT2D eigenvalue weighted by atomic mass is 10.1. The standard InChI is InChI=1S/C22H14Br2N4O14S4/c23-10-1-3-12(14(7-10)43(31,32)33)25-27-19-16(45(37,38)39)5-9-6-17(46(40,41)42)20(22(30)18(9)21(19)29)28-26-13-4-2-11(24)8-15(13)44(34,35)36/h1-8,29-30H,(H,31,32,33)(H,34,35,36)(H,37,38,39)(H,40,41,42). The van der Waals surface area contributed by atoms with Crippen molar-refractivity contribution in [2.45, 2.75) is 19.6 Å². The van der Waals surface area contributed by atoms with Crippen LogP contribution in [0, 0.1) is 0 Å². The maximum absolute atomic E-state index is 12.2. The highest BCUT2D eigenvalue weighted by atomic mass is 79.9. The summed E-state index contributed by atoms with van der Waals surface area (Å²) < 4.78 is 135. The quantitative estimate of drug-likeness (QED) is 0.0930. The molecule has 0 aliphatic carbocycles. The van der Waals surface area contributed by atoms with Gasteiger partial charge in [0.05, 0.1) is 5.39 Å². The number of aromatic hydroxyl groups is 2. The van der Waals surface area contributed by atoms with Gasteiger partial charge in [0.25, 0.3) is 40.5 Å². The third-order valence-corrected chi connectivity index (χ3v) is 10.2. The van der Waals surface area contributed by atoms with Crippen molar-refractivity contribution in [2.75, 3.05) is 0 Å². The molecule has 0 atom stereocenters. The van der Waals surface area contributed by atoms with Gasteiger partial charge in [0.1, 0.15) is 42.3 Å². The zero-order valence-corrected chi connectivity index (χ0v) is 28.2. The second-order valence-electron chi connectivity index (χ2n) is 8.77. The van der Waals surface area contributed by atoms with Crippen LogP contribution in [0.3, 0.4) is 0 Å². The molecular weight excluding hydrogens is 832 g/mol. The SMILES string of the molecule is O=S(=O)(O)c1cc(Br)ccc1N=Nc1c(S(=O)(=O)O)cc2cc(S(=O)(=O)O)c(N=Nc3ccc(Br)cc3S(=O)(=O)O)c(O)c2c1O. The van der Waals surface area contributed by atoms with E-state index in [4.69, 9.17) is 0 Å². The molecular formula is C22H14Br2N4O14S4. The van der Waals surface area contributed by atoms with Crippen LogP contribution in [-0.4, -0.2) is 62.1 Å². The summed E-state index contributed by atoms with van der Waals surface area (Å²) in [7, 11) is -20.6. The monoisotopic (exact) mass is 844 g/mol. The van der Waals surface area contributed by atoms with Crippen LogP contribution in [0.15, 0.2) is 97.5 Å². The molecule has 0 heterocycles. The molecule has 0 bridgehead atoms. The zero-order chi connectivity index (χ0) is 34.6. The highest BCUT2D eigenvalue weighted by molar-refractivity contribution is 9.10. The topological polar surface area (TPSA) is 307 Å². The Morgan fingerprint density at radius 2 is 0.804 bits per heavy atom. The molecule has 0 saturated heterocycles. The van der Waals surface area contributed by atoms with Crippen molar-refractivity contribution in [2.24, 2.45) is 20.5 Å². The largest absolute Gasteiger partial charge is 0.505 e. The molecule has 0 aliphatic rings. The van der Waals surface area contributed by atoms with Gasteiger partial charge in [-0.15, -0.1) is 20.5 Å². The Balaban J connectivity index is 2.07. The molecule has 6 N–H and O–H groups in total. The molecule has 0 amide bonds. The molecule has 0 radical (unpaired) electrons. The van der Waals surface area contributed by atoms with Gasteiger partial charge < -0.3 is 10.2 Å². The van der Waals surface area contributed by atoms with Crippen LogP contribution < -0.4 is 0 Å². The van der Waals surface area contributed by atoms with E-state index < -0.39 is 105 Å². The van der Waals surface area contributed by atoms with Gasteiger partial charge in [0.15, 0.2) is 11.5 Å². The number of fused-ring (bicyclic) bond motifs is 1. The Bertz CT molecular complexity index is 2300. The maximum atomic E-state index is 12.2. The fourth-order valence-corrected chi connectivity index (χ4v) is 7.45. The van der Waals surface area contributed by atoms with Gasteiger partial charge in [-0.1, -0.05) is 31.9 Å². The van der Waals surface area contributed by atoms with E-state index in [2.05, 4.69) is 52.3 Å². The number of rotatable bonds is 8. The molecule has 4 aromatic carbocycles. The average Bonchev–Trinajstić information content (AvgIpc) is 2.90. The molecule has 0 saturated carbocycles. The van der Waals surface area contributed by atoms with Crippen molar-refractivity contribution in [1.29, 1.82) is 0 Å². The Hall–Kier alpha value is -3.46. The molecule has 46 heavy (non-hydrogen) atoms. The summed E-state index contributed by atoms with van der Waals surface area (Å²) in [6, 6.07) is 7.37. The molecule has 0 spiro atoms. The van der Waals surface area contributed by atoms with E-state index >= 15 is 0 Å². The summed E-state index contributed by atoms with van der Waals surface area (Å²) in [4.78, 5) is -4.12. The van der Waals surface area contributed by atoms with E-state index in [1.807, 2.05) is 0 Å². The second kappa shape index (κ2) is 12.3. The summed E-state index contributed by atoms with van der Waals surface area (Å²) in [5.41, 5.74) is -3.43. The van der Waals surface area contributed by atoms with Gasteiger partial charge in [0, 0.05) is 8.95 Å². The van der Waals surface area contributed by atoms with E-state index in [-0.39, 0.29) is 8.95 Å². The first-order valence-corrected chi connectivity index (χ1v) is 18.7. The van der Waals surface area contributed by atoms with Crippen molar-refractivity contribution in [3.63, 3.8) is 0 Å². The fraction of sp³-hybridized carbons (Fsp3) is 0. The predicted octanol–water partition coefficient (Wildman–Crippen LogP) is 5.59. The molecule has 24 heteroatoms. The van der Waals surface area contributed by atoms with Gasteiger partial charge in [-0.3, -0.25) is 18.2 Å². The molecule has 0 aromatic heterocycles. The number of halogens is 2. The molecule has 4 rings (SSSR count). The summed E-state index contributed by atoms with van der Waals surface area (Å²) >= 11 is 5.98. The third-order valence-electron chi connectivity index (χ3n) is 5.72. The average molecular weight is 846 g/mol. The minimum absolute atomic E-state index is 0.166. The van der Waals surface area contributed by atoms with Crippen molar-refractivity contribution >= 4 is 106 Å². The first-order valence-electron chi connectivity index (χ1n) is 11.4. The Labute approximate surface area is 275 Å². The lowest BCUT2D eigenvalue weighted by molar-refractivity contribution is 0.458. The number of hydrogen-bond donors (Lipinski definition) is 6. The molecule has 0 aliphatic heterocycles. The summed E-state index contributed by atoms with van der Waals surface area (Å²) in [6.45, 7) is 0. The Morgan fingerprint density at radius 1 is 0.478 bits per heavy atom. The minimum Gasteiger partial charge on any atom is -0.505 e. The molecule has 244 valence electrons. The van der Waals surface area contributed by atoms with Gasteiger partial charge in [-0.2, -0.15) is 33.7 Å². The fourth-order valence-electron chi connectivity index (χ4n) is 3.81. The van der Waals surface area contributed by atoms with Crippen molar-refractivity contribution in [3.8, 4) is 11.5 Å². The van der Waals surface area contributed by atoms with Gasteiger partial charge in [-0.05, 0) is 53.9 Å². The number of phenols is 2. The van der Waals surface area contributed by atoms with Gasteiger partial charge in [-0.25, -0.2) is 0 Å². The van der Waals surface area contributed by atoms with Crippen LogP contribution in [0.4, 0.5) is 22.7 Å². The molecule has 0 fully saturated rings. The van der Waals surface area contributed by atoms with Gasteiger partial charge in [0.2, 0.25) is 0 Å². The van der Waals surface area contributed by atoms with E-state index in [0.717, 1.165) is 24.3 Å². The van der Waals surface area contributed by atoms with Crippen molar-refractivity contribution in [3.05, 3.63) is 57.5 Å². The number of benzene rings is 4. The van der Waals surface area contributed by atoms with Crippen molar-refractivity contribution < 1.29 is 62.1 Å². The van der Waals surface area contributed by atoms with Crippen LogP contribution in [-0.2, 0) is 40.5 Å². The minimum atomic E-state index is -5.35. The van der Waals surface area contributed by atoms with Crippen LogP contribution in [0.1, 0.15) is 0 Å². The maximum Gasteiger partial charge on any atom is 0.296 e. The number of phenolic OH excluding ortho intramolecular Hbond substituents is 2. The normalized spacial score (nSPS) is 13.3. The number of nitrogens with zero attached hydrogens (tertiary/aromatic N) is 4. The van der Waals surface area contributed by atoms with E-state index in [9.17, 15) is 62.1 Å². The van der Waals surface area contributed by atoms with Crippen LogP contribution in [0.25, 0.3) is 10.8 Å². The zero-order valence-electron chi connectivity index (χ0n) is 21.7. The second-order valence-corrected chi connectivity index (χ2v) is 16.2. The summed E-state index contributed by atoms with van der Waals surface area (Å²) in [5.74, 6) is -2.62. The van der Waals surface area contributed by atoms with Crippen LogP contribution >= 0.6 is 31.9 Å². The molecule has 0 unspecified atom stereocenters. The highest BCUT2D eigenvalue weighted by Crippen LogP contribution is 2.50. The van der Waals surface area contributed by atoms with Crippen molar-refractivity contribution in [1.82, 2.24) is 0 Å². The van der Waals surface area contributed by atoms with E-state index in [1.165, 1.54) is 12.1 Å².